The van der Waals surface area contributed by atoms with E-state index in [0.717, 1.165) is 17.5 Å². The Balaban J connectivity index is 1.92. The third kappa shape index (κ3) is 4.15. The maximum absolute atomic E-state index is 10.7. The van der Waals surface area contributed by atoms with Gasteiger partial charge in [0.1, 0.15) is 5.75 Å². The molecule has 20 heavy (non-hydrogen) atoms. The molecule has 4 nitrogen and oxygen atoms in total. The number of rotatable bonds is 5. The van der Waals surface area contributed by atoms with Crippen molar-refractivity contribution < 1.29 is 9.53 Å². The van der Waals surface area contributed by atoms with Crippen molar-refractivity contribution in [1.29, 1.82) is 0 Å². The normalized spacial score (nSPS) is 26.0. The summed E-state index contributed by atoms with van der Waals surface area (Å²) >= 11 is 0. The number of hydrogen-bond donors (Lipinski definition) is 2. The van der Waals surface area contributed by atoms with E-state index in [-0.39, 0.29) is 6.61 Å². The molecule has 3 N–H and O–H groups in total. The summed E-state index contributed by atoms with van der Waals surface area (Å²) in [6.07, 6.45) is 3.68. The number of carbonyl (C=O) groups excluding carboxylic acids is 1. The average molecular weight is 276 g/mol. The van der Waals surface area contributed by atoms with Crippen molar-refractivity contribution in [3.05, 3.63) is 24.3 Å². The summed E-state index contributed by atoms with van der Waals surface area (Å²) in [5, 5.41) is 3.56. The molecule has 1 aliphatic rings. The third-order valence-corrected chi connectivity index (χ3v) is 4.18. The van der Waals surface area contributed by atoms with Gasteiger partial charge in [-0.25, -0.2) is 0 Å². The average Bonchev–Trinajstić information content (AvgIpc) is 2.41. The predicted octanol–water partition coefficient (Wildman–Crippen LogP) is 2.79. The van der Waals surface area contributed by atoms with E-state index in [2.05, 4.69) is 19.2 Å². The number of hydrogen-bond acceptors (Lipinski definition) is 3. The molecule has 1 amide bonds. The van der Waals surface area contributed by atoms with E-state index in [4.69, 9.17) is 10.5 Å². The Bertz CT molecular complexity index is 462. The first-order valence-corrected chi connectivity index (χ1v) is 7.32. The fraction of sp³-hybridized carbons (Fsp3) is 0.562. The Kier molecular flexibility index (Phi) is 4.88. The minimum Gasteiger partial charge on any atom is -0.484 e. The van der Waals surface area contributed by atoms with Gasteiger partial charge in [-0.05, 0) is 43.2 Å². The van der Waals surface area contributed by atoms with Crippen LogP contribution < -0.4 is 15.8 Å². The quantitative estimate of drug-likeness (QED) is 0.869. The Hall–Kier alpha value is -1.71. The molecule has 0 aromatic heterocycles. The van der Waals surface area contributed by atoms with Crippen LogP contribution in [0.3, 0.4) is 0 Å². The highest BCUT2D eigenvalue weighted by molar-refractivity contribution is 5.75. The number of anilines is 1. The van der Waals surface area contributed by atoms with E-state index in [1.807, 2.05) is 24.3 Å². The summed E-state index contributed by atoms with van der Waals surface area (Å²) in [6, 6.07) is 8.23. The molecule has 3 atom stereocenters. The van der Waals surface area contributed by atoms with Crippen LogP contribution in [0.2, 0.25) is 0 Å². The monoisotopic (exact) mass is 276 g/mol. The molecular formula is C16H24N2O2. The molecule has 110 valence electrons. The molecule has 3 unspecified atom stereocenters. The van der Waals surface area contributed by atoms with E-state index in [1.54, 1.807) is 0 Å². The van der Waals surface area contributed by atoms with Gasteiger partial charge in [0.2, 0.25) is 0 Å². The first-order valence-electron chi connectivity index (χ1n) is 7.32. The lowest BCUT2D eigenvalue weighted by molar-refractivity contribution is -0.119. The van der Waals surface area contributed by atoms with Crippen LogP contribution in [0.25, 0.3) is 0 Å². The number of amides is 1. The van der Waals surface area contributed by atoms with Crippen LogP contribution in [0.15, 0.2) is 24.3 Å². The lowest BCUT2D eigenvalue weighted by atomic mass is 9.79. The van der Waals surface area contributed by atoms with Crippen LogP contribution >= 0.6 is 0 Å². The van der Waals surface area contributed by atoms with Gasteiger partial charge in [0.15, 0.2) is 6.61 Å². The van der Waals surface area contributed by atoms with Crippen LogP contribution in [-0.2, 0) is 4.79 Å². The van der Waals surface area contributed by atoms with E-state index in [0.29, 0.717) is 11.8 Å². The van der Waals surface area contributed by atoms with Gasteiger partial charge in [-0.15, -0.1) is 0 Å². The van der Waals surface area contributed by atoms with E-state index >= 15 is 0 Å². The number of ether oxygens (including phenoxy) is 1. The summed E-state index contributed by atoms with van der Waals surface area (Å²) in [5.74, 6) is 1.79. The zero-order valence-electron chi connectivity index (χ0n) is 12.3. The highest BCUT2D eigenvalue weighted by atomic mass is 16.5. The summed E-state index contributed by atoms with van der Waals surface area (Å²) in [7, 11) is 0. The predicted molar refractivity (Wildman–Crippen MR) is 80.7 cm³/mol. The van der Waals surface area contributed by atoms with Gasteiger partial charge >= 0.3 is 0 Å². The van der Waals surface area contributed by atoms with Crippen LogP contribution in [0.4, 0.5) is 5.69 Å². The summed E-state index contributed by atoms with van der Waals surface area (Å²) in [6.45, 7) is 4.57. The molecule has 0 aliphatic heterocycles. The summed E-state index contributed by atoms with van der Waals surface area (Å²) in [4.78, 5) is 10.7. The standard InChI is InChI=1S/C16H24N2O2/c1-11-6-7-14(8-12(11)2)18-13-4-3-5-15(9-13)20-10-16(17)19/h3-5,9,11-12,14,18H,6-8,10H2,1-2H3,(H2,17,19). The summed E-state index contributed by atoms with van der Waals surface area (Å²) in [5.41, 5.74) is 6.12. The van der Waals surface area contributed by atoms with Crippen LogP contribution in [0.5, 0.6) is 5.75 Å². The number of nitrogens with two attached hydrogens (primary N) is 1. The van der Waals surface area contributed by atoms with Gasteiger partial charge in [0.25, 0.3) is 5.91 Å². The second-order valence-electron chi connectivity index (χ2n) is 5.89. The summed E-state index contributed by atoms with van der Waals surface area (Å²) < 4.78 is 5.32. The number of carbonyl (C=O) groups is 1. The van der Waals surface area contributed by atoms with Crippen molar-refractivity contribution in [2.24, 2.45) is 17.6 Å². The largest absolute Gasteiger partial charge is 0.484 e. The highest BCUT2D eigenvalue weighted by Crippen LogP contribution is 2.31. The van der Waals surface area contributed by atoms with Crippen LogP contribution in [-0.4, -0.2) is 18.6 Å². The number of benzene rings is 1. The second-order valence-corrected chi connectivity index (χ2v) is 5.89. The van der Waals surface area contributed by atoms with Crippen molar-refractivity contribution in [2.45, 2.75) is 39.2 Å². The van der Waals surface area contributed by atoms with Gasteiger partial charge in [-0.2, -0.15) is 0 Å². The Morgan fingerprint density at radius 3 is 2.85 bits per heavy atom. The van der Waals surface area contributed by atoms with E-state index in [1.165, 1.54) is 19.3 Å². The molecule has 0 bridgehead atoms. The van der Waals surface area contributed by atoms with E-state index < -0.39 is 5.91 Å². The first-order chi connectivity index (χ1) is 9.54. The molecule has 1 aromatic carbocycles. The fourth-order valence-corrected chi connectivity index (χ4v) is 2.74. The molecule has 0 heterocycles. The molecular weight excluding hydrogens is 252 g/mol. The van der Waals surface area contributed by atoms with Crippen molar-refractivity contribution in [3.8, 4) is 5.75 Å². The Labute approximate surface area is 120 Å². The van der Waals surface area contributed by atoms with E-state index in [9.17, 15) is 4.79 Å². The number of primary amides is 1. The van der Waals surface area contributed by atoms with Crippen molar-refractivity contribution >= 4 is 11.6 Å². The van der Waals surface area contributed by atoms with Crippen molar-refractivity contribution in [1.82, 2.24) is 0 Å². The highest BCUT2D eigenvalue weighted by Gasteiger charge is 2.24. The molecule has 0 radical (unpaired) electrons. The zero-order valence-corrected chi connectivity index (χ0v) is 12.3. The minimum absolute atomic E-state index is 0.0819. The SMILES string of the molecule is CC1CCC(Nc2cccc(OCC(N)=O)c2)CC1C. The maximum Gasteiger partial charge on any atom is 0.255 e. The molecule has 1 fully saturated rings. The lowest BCUT2D eigenvalue weighted by Crippen LogP contribution is -2.30. The molecule has 1 aromatic rings. The second kappa shape index (κ2) is 6.64. The molecule has 0 spiro atoms. The Morgan fingerprint density at radius 2 is 2.15 bits per heavy atom. The molecule has 1 aliphatic carbocycles. The topological polar surface area (TPSA) is 64.3 Å². The van der Waals surface area contributed by atoms with Crippen LogP contribution in [0.1, 0.15) is 33.1 Å². The van der Waals surface area contributed by atoms with Gasteiger partial charge in [-0.3, -0.25) is 4.79 Å². The first kappa shape index (κ1) is 14.7. The third-order valence-electron chi connectivity index (χ3n) is 4.18. The molecule has 1 saturated carbocycles. The van der Waals surface area contributed by atoms with Gasteiger partial charge in [-0.1, -0.05) is 19.9 Å². The van der Waals surface area contributed by atoms with Crippen molar-refractivity contribution in [2.75, 3.05) is 11.9 Å². The molecule has 4 heteroatoms. The smallest absolute Gasteiger partial charge is 0.255 e. The fourth-order valence-electron chi connectivity index (χ4n) is 2.74. The van der Waals surface area contributed by atoms with Gasteiger partial charge in [0.05, 0.1) is 0 Å². The molecule has 0 saturated heterocycles. The zero-order chi connectivity index (χ0) is 14.5. The van der Waals surface area contributed by atoms with Crippen LogP contribution in [0, 0.1) is 11.8 Å². The Morgan fingerprint density at radius 1 is 1.35 bits per heavy atom. The lowest BCUT2D eigenvalue weighted by Gasteiger charge is -2.33. The van der Waals surface area contributed by atoms with Crippen molar-refractivity contribution in [3.63, 3.8) is 0 Å². The molecule has 2 rings (SSSR count). The van der Waals surface area contributed by atoms with Gasteiger partial charge < -0.3 is 15.8 Å². The van der Waals surface area contributed by atoms with Gasteiger partial charge in [0, 0.05) is 17.8 Å². The number of nitrogens with one attached hydrogen (secondary N) is 1. The maximum atomic E-state index is 10.7. The minimum atomic E-state index is -0.460.